The molecule has 1 fully saturated rings. The zero-order valence-electron chi connectivity index (χ0n) is 15.2. The molecule has 1 aromatic carbocycles. The smallest absolute Gasteiger partial charge is 0.184 e. The van der Waals surface area contributed by atoms with E-state index in [4.69, 9.17) is 15.2 Å². The molecule has 6 nitrogen and oxygen atoms in total. The summed E-state index contributed by atoms with van der Waals surface area (Å²) in [5.74, 6) is 2.39. The molecule has 138 valence electrons. The molecule has 3 heterocycles. The molecule has 0 aliphatic carbocycles. The van der Waals surface area contributed by atoms with Crippen molar-refractivity contribution in [1.82, 2.24) is 9.88 Å². The normalized spacial score (nSPS) is 18.6. The molecule has 2 aliphatic rings. The number of ether oxygens (including phenoxy) is 2. The maximum atomic E-state index is 6.00. The van der Waals surface area contributed by atoms with Gasteiger partial charge in [-0.05, 0) is 37.1 Å². The number of hydrogen-bond donors (Lipinski definition) is 1. The number of fused-ring (bicyclic) bond motifs is 1. The van der Waals surface area contributed by atoms with E-state index in [0.717, 1.165) is 55.3 Å². The summed E-state index contributed by atoms with van der Waals surface area (Å²) in [5.41, 5.74) is 8.27. The SMILES string of the molecule is C[C@H](Cc1cccnc1N)N1CCN(c2cccc3c2OCCO3)CC1. The summed E-state index contributed by atoms with van der Waals surface area (Å²) in [6.45, 7) is 7.51. The third kappa shape index (κ3) is 3.42. The van der Waals surface area contributed by atoms with Gasteiger partial charge >= 0.3 is 0 Å². The van der Waals surface area contributed by atoms with Crippen LogP contribution in [0.4, 0.5) is 11.5 Å². The van der Waals surface area contributed by atoms with Crippen molar-refractivity contribution in [2.24, 2.45) is 0 Å². The molecule has 0 saturated carbocycles. The van der Waals surface area contributed by atoms with Crippen molar-refractivity contribution in [2.75, 3.05) is 50.0 Å². The van der Waals surface area contributed by atoms with Gasteiger partial charge < -0.3 is 20.1 Å². The van der Waals surface area contributed by atoms with Crippen LogP contribution < -0.4 is 20.1 Å². The molecule has 0 unspecified atom stereocenters. The number of para-hydroxylation sites is 1. The van der Waals surface area contributed by atoms with E-state index in [1.807, 2.05) is 18.2 Å². The molecule has 26 heavy (non-hydrogen) atoms. The maximum absolute atomic E-state index is 6.00. The highest BCUT2D eigenvalue weighted by atomic mass is 16.6. The third-order valence-electron chi connectivity index (χ3n) is 5.27. The number of nitrogens with zero attached hydrogens (tertiary/aromatic N) is 3. The molecule has 0 spiro atoms. The van der Waals surface area contributed by atoms with Gasteiger partial charge in [0, 0.05) is 38.4 Å². The molecular weight excluding hydrogens is 328 g/mol. The van der Waals surface area contributed by atoms with Gasteiger partial charge in [0.15, 0.2) is 11.5 Å². The van der Waals surface area contributed by atoms with Gasteiger partial charge in [-0.1, -0.05) is 12.1 Å². The van der Waals surface area contributed by atoms with Gasteiger partial charge in [0.25, 0.3) is 0 Å². The lowest BCUT2D eigenvalue weighted by Gasteiger charge is -2.40. The van der Waals surface area contributed by atoms with Crippen molar-refractivity contribution >= 4 is 11.5 Å². The van der Waals surface area contributed by atoms with E-state index >= 15 is 0 Å². The van der Waals surface area contributed by atoms with E-state index in [0.29, 0.717) is 25.1 Å². The standard InChI is InChI=1S/C20H26N4O2/c1-15(14-16-4-3-7-22-20(16)21)23-8-10-24(11-9-23)17-5-2-6-18-19(17)26-13-12-25-18/h2-7,15H,8-14H2,1H3,(H2,21,22)/t15-/m1/s1. The van der Waals surface area contributed by atoms with E-state index in [1.165, 1.54) is 0 Å². The Bertz CT molecular complexity index is 759. The molecule has 4 rings (SSSR count). The van der Waals surface area contributed by atoms with Crippen molar-refractivity contribution < 1.29 is 9.47 Å². The van der Waals surface area contributed by atoms with E-state index in [9.17, 15) is 0 Å². The Labute approximate surface area is 154 Å². The Balaban J connectivity index is 1.39. The molecule has 2 aliphatic heterocycles. The first-order valence-corrected chi connectivity index (χ1v) is 9.29. The van der Waals surface area contributed by atoms with Crippen LogP contribution in [0.2, 0.25) is 0 Å². The number of aromatic nitrogens is 1. The molecule has 1 aromatic heterocycles. The summed E-state index contributed by atoms with van der Waals surface area (Å²) < 4.78 is 11.6. The molecule has 1 atom stereocenters. The molecule has 0 bridgehead atoms. The Hall–Kier alpha value is -2.47. The second-order valence-electron chi connectivity index (χ2n) is 6.93. The number of nitrogen functional groups attached to an aromatic ring is 1. The van der Waals surface area contributed by atoms with Crippen LogP contribution in [0.15, 0.2) is 36.5 Å². The van der Waals surface area contributed by atoms with E-state index < -0.39 is 0 Å². The second kappa shape index (κ2) is 7.41. The van der Waals surface area contributed by atoms with E-state index in [-0.39, 0.29) is 0 Å². The van der Waals surface area contributed by atoms with E-state index in [1.54, 1.807) is 6.20 Å². The van der Waals surface area contributed by atoms with Crippen molar-refractivity contribution in [3.63, 3.8) is 0 Å². The van der Waals surface area contributed by atoms with Crippen molar-refractivity contribution in [2.45, 2.75) is 19.4 Å². The zero-order chi connectivity index (χ0) is 17.9. The van der Waals surface area contributed by atoms with Crippen molar-refractivity contribution in [3.8, 4) is 11.5 Å². The number of anilines is 2. The van der Waals surface area contributed by atoms with Crippen LogP contribution in [0.25, 0.3) is 0 Å². The molecule has 6 heteroatoms. The highest BCUT2D eigenvalue weighted by Gasteiger charge is 2.25. The monoisotopic (exact) mass is 354 g/mol. The quantitative estimate of drug-likeness (QED) is 0.908. The van der Waals surface area contributed by atoms with Gasteiger partial charge in [0.2, 0.25) is 0 Å². The number of piperazine rings is 1. The lowest BCUT2D eigenvalue weighted by Crippen LogP contribution is -2.50. The van der Waals surface area contributed by atoms with Gasteiger partial charge in [0.1, 0.15) is 19.0 Å². The predicted octanol–water partition coefficient (Wildman–Crippen LogP) is 2.19. The predicted molar refractivity (Wildman–Crippen MR) is 103 cm³/mol. The number of hydrogen-bond acceptors (Lipinski definition) is 6. The molecular formula is C20H26N4O2. The average Bonchev–Trinajstić information content (AvgIpc) is 2.69. The van der Waals surface area contributed by atoms with Gasteiger partial charge in [0.05, 0.1) is 5.69 Å². The topological polar surface area (TPSA) is 63.9 Å². The highest BCUT2D eigenvalue weighted by Crippen LogP contribution is 2.39. The van der Waals surface area contributed by atoms with Crippen LogP contribution in [0.1, 0.15) is 12.5 Å². The Kier molecular flexibility index (Phi) is 4.84. The zero-order valence-corrected chi connectivity index (χ0v) is 15.2. The molecule has 2 aromatic rings. The number of rotatable bonds is 4. The van der Waals surface area contributed by atoms with Gasteiger partial charge in [-0.15, -0.1) is 0 Å². The molecule has 0 radical (unpaired) electrons. The first-order valence-electron chi connectivity index (χ1n) is 9.29. The van der Waals surface area contributed by atoms with E-state index in [2.05, 4.69) is 33.8 Å². The van der Waals surface area contributed by atoms with Crippen LogP contribution in [0.3, 0.4) is 0 Å². The van der Waals surface area contributed by atoms with Crippen LogP contribution >= 0.6 is 0 Å². The summed E-state index contributed by atoms with van der Waals surface area (Å²) in [5, 5.41) is 0. The lowest BCUT2D eigenvalue weighted by molar-refractivity contribution is 0.170. The minimum atomic E-state index is 0.438. The summed E-state index contributed by atoms with van der Waals surface area (Å²) in [6.07, 6.45) is 2.67. The van der Waals surface area contributed by atoms with Gasteiger partial charge in [-0.25, -0.2) is 4.98 Å². The number of pyridine rings is 1. The second-order valence-corrected chi connectivity index (χ2v) is 6.93. The molecule has 2 N–H and O–H groups in total. The summed E-state index contributed by atoms with van der Waals surface area (Å²) in [4.78, 5) is 9.12. The summed E-state index contributed by atoms with van der Waals surface area (Å²) in [6, 6.07) is 10.6. The largest absolute Gasteiger partial charge is 0.486 e. The average molecular weight is 354 g/mol. The van der Waals surface area contributed by atoms with Crippen molar-refractivity contribution in [3.05, 3.63) is 42.1 Å². The number of nitrogens with two attached hydrogens (primary N) is 1. The van der Waals surface area contributed by atoms with Crippen LogP contribution in [-0.2, 0) is 6.42 Å². The fourth-order valence-electron chi connectivity index (χ4n) is 3.78. The molecule has 0 amide bonds. The Morgan fingerprint density at radius 2 is 1.88 bits per heavy atom. The molecule has 1 saturated heterocycles. The minimum absolute atomic E-state index is 0.438. The van der Waals surface area contributed by atoms with Gasteiger partial charge in [-0.3, -0.25) is 4.90 Å². The minimum Gasteiger partial charge on any atom is -0.486 e. The highest BCUT2D eigenvalue weighted by molar-refractivity contribution is 5.65. The first kappa shape index (κ1) is 17.0. The fraction of sp³-hybridized carbons (Fsp3) is 0.450. The Morgan fingerprint density at radius 1 is 1.08 bits per heavy atom. The Morgan fingerprint density at radius 3 is 2.69 bits per heavy atom. The maximum Gasteiger partial charge on any atom is 0.184 e. The number of benzene rings is 1. The van der Waals surface area contributed by atoms with Crippen molar-refractivity contribution in [1.29, 1.82) is 0 Å². The lowest BCUT2D eigenvalue weighted by atomic mass is 10.1. The van der Waals surface area contributed by atoms with Gasteiger partial charge in [-0.2, -0.15) is 0 Å². The fourth-order valence-corrected chi connectivity index (χ4v) is 3.78. The van der Waals surface area contributed by atoms with Crippen LogP contribution in [-0.4, -0.2) is 55.3 Å². The van der Waals surface area contributed by atoms with Crippen LogP contribution in [0.5, 0.6) is 11.5 Å². The van der Waals surface area contributed by atoms with Crippen LogP contribution in [0, 0.1) is 0 Å². The third-order valence-corrected chi connectivity index (χ3v) is 5.27. The summed E-state index contributed by atoms with van der Waals surface area (Å²) in [7, 11) is 0. The first-order chi connectivity index (χ1) is 12.7. The summed E-state index contributed by atoms with van der Waals surface area (Å²) >= 11 is 0.